The third-order valence-corrected chi connectivity index (χ3v) is 2.69. The predicted molar refractivity (Wildman–Crippen MR) is 70.2 cm³/mol. The van der Waals surface area contributed by atoms with Gasteiger partial charge in [-0.15, -0.1) is 0 Å². The Morgan fingerprint density at radius 1 is 0.944 bits per heavy atom. The number of esters is 2. The molecule has 1 atom stereocenters. The highest BCUT2D eigenvalue weighted by molar-refractivity contribution is 5.66. The molecule has 0 aromatic heterocycles. The number of ether oxygens (including phenoxy) is 2. The fourth-order valence-corrected chi connectivity index (χ4v) is 1.81. The lowest BCUT2D eigenvalue weighted by atomic mass is 10.1. The fraction of sp³-hybridized carbons (Fsp3) is 0.857. The lowest BCUT2D eigenvalue weighted by Crippen LogP contribution is -2.16. The van der Waals surface area contributed by atoms with Crippen LogP contribution in [0.2, 0.25) is 0 Å². The zero-order valence-electron chi connectivity index (χ0n) is 11.9. The van der Waals surface area contributed by atoms with E-state index in [2.05, 4.69) is 6.92 Å². The van der Waals surface area contributed by atoms with Crippen LogP contribution in [0.5, 0.6) is 0 Å². The summed E-state index contributed by atoms with van der Waals surface area (Å²) in [4.78, 5) is 21.5. The summed E-state index contributed by atoms with van der Waals surface area (Å²) < 4.78 is 10.1. The second kappa shape index (κ2) is 11.1. The molecule has 0 fully saturated rings. The Morgan fingerprint density at radius 2 is 1.56 bits per heavy atom. The minimum Gasteiger partial charge on any atom is -0.466 e. The molecule has 0 bridgehead atoms. The van der Waals surface area contributed by atoms with Gasteiger partial charge in [-0.25, -0.2) is 0 Å². The van der Waals surface area contributed by atoms with Crippen LogP contribution in [-0.4, -0.2) is 24.6 Å². The van der Waals surface area contributed by atoms with Crippen molar-refractivity contribution in [1.82, 2.24) is 0 Å². The Labute approximate surface area is 110 Å². The molecule has 4 heteroatoms. The van der Waals surface area contributed by atoms with Gasteiger partial charge >= 0.3 is 11.9 Å². The fourth-order valence-electron chi connectivity index (χ4n) is 1.81. The first-order valence-electron chi connectivity index (χ1n) is 6.86. The highest BCUT2D eigenvalue weighted by Gasteiger charge is 2.11. The van der Waals surface area contributed by atoms with Crippen LogP contribution in [0.1, 0.15) is 65.7 Å². The first kappa shape index (κ1) is 16.9. The molecule has 106 valence electrons. The van der Waals surface area contributed by atoms with E-state index in [4.69, 9.17) is 9.47 Å². The van der Waals surface area contributed by atoms with Gasteiger partial charge in [0.15, 0.2) is 0 Å². The Kier molecular flexibility index (Phi) is 10.4. The van der Waals surface area contributed by atoms with Crippen molar-refractivity contribution in [3.8, 4) is 0 Å². The van der Waals surface area contributed by atoms with Gasteiger partial charge in [0, 0.05) is 13.8 Å². The summed E-state index contributed by atoms with van der Waals surface area (Å²) in [6, 6.07) is 0. The SMILES string of the molecule is CCCCC[C@@H](CCCCOC(C)=O)OC(C)=O. The van der Waals surface area contributed by atoms with Crippen molar-refractivity contribution in [3.05, 3.63) is 0 Å². The molecule has 18 heavy (non-hydrogen) atoms. The molecule has 0 aliphatic heterocycles. The van der Waals surface area contributed by atoms with Gasteiger partial charge < -0.3 is 9.47 Å². The molecule has 0 saturated heterocycles. The zero-order valence-corrected chi connectivity index (χ0v) is 11.9. The van der Waals surface area contributed by atoms with Gasteiger partial charge in [-0.3, -0.25) is 9.59 Å². The molecular weight excluding hydrogens is 232 g/mol. The lowest BCUT2D eigenvalue weighted by molar-refractivity contribution is -0.147. The van der Waals surface area contributed by atoms with Crippen molar-refractivity contribution in [2.24, 2.45) is 0 Å². The van der Waals surface area contributed by atoms with Gasteiger partial charge in [-0.05, 0) is 32.1 Å². The van der Waals surface area contributed by atoms with Crippen molar-refractivity contribution < 1.29 is 19.1 Å². The minimum absolute atomic E-state index is 0.0198. The monoisotopic (exact) mass is 258 g/mol. The molecule has 0 aromatic carbocycles. The lowest BCUT2D eigenvalue weighted by Gasteiger charge is -2.16. The standard InChI is InChI=1S/C14H26O4/c1-4-5-6-9-14(18-13(3)16)10-7-8-11-17-12(2)15/h14H,4-11H2,1-3H3/t14-/m0/s1. The predicted octanol–water partition coefficient (Wildman–Crippen LogP) is 3.23. The van der Waals surface area contributed by atoms with Crippen molar-refractivity contribution in [2.75, 3.05) is 6.61 Å². The second-order valence-corrected chi connectivity index (χ2v) is 4.56. The number of hydrogen-bond donors (Lipinski definition) is 0. The second-order valence-electron chi connectivity index (χ2n) is 4.56. The van der Waals surface area contributed by atoms with Crippen LogP contribution in [0.4, 0.5) is 0 Å². The molecule has 0 rings (SSSR count). The van der Waals surface area contributed by atoms with Crippen LogP contribution >= 0.6 is 0 Å². The summed E-state index contributed by atoms with van der Waals surface area (Å²) in [5, 5.41) is 0. The number of unbranched alkanes of at least 4 members (excludes halogenated alkanes) is 3. The average molecular weight is 258 g/mol. The molecule has 4 nitrogen and oxygen atoms in total. The average Bonchev–Trinajstić information content (AvgIpc) is 2.27. The molecule has 0 amide bonds. The maximum atomic E-state index is 11.0. The molecule has 0 heterocycles. The van der Waals surface area contributed by atoms with Gasteiger partial charge in [0.05, 0.1) is 6.61 Å². The topological polar surface area (TPSA) is 52.6 Å². The van der Waals surface area contributed by atoms with Gasteiger partial charge in [-0.1, -0.05) is 19.8 Å². The maximum Gasteiger partial charge on any atom is 0.302 e. The molecule has 0 spiro atoms. The minimum atomic E-state index is -0.241. The first-order valence-corrected chi connectivity index (χ1v) is 6.86. The maximum absolute atomic E-state index is 11.0. The number of carbonyl (C=O) groups excluding carboxylic acids is 2. The van der Waals surface area contributed by atoms with Crippen LogP contribution in [0, 0.1) is 0 Å². The van der Waals surface area contributed by atoms with Gasteiger partial charge in [0.1, 0.15) is 6.10 Å². The first-order chi connectivity index (χ1) is 8.56. The number of hydrogen-bond acceptors (Lipinski definition) is 4. The van der Waals surface area contributed by atoms with E-state index in [0.717, 1.165) is 32.1 Å². The summed E-state index contributed by atoms with van der Waals surface area (Å²) in [7, 11) is 0. The molecule has 0 radical (unpaired) electrons. The quantitative estimate of drug-likeness (QED) is 0.446. The Balaban J connectivity index is 3.71. The smallest absolute Gasteiger partial charge is 0.302 e. The molecule has 0 aliphatic rings. The largest absolute Gasteiger partial charge is 0.466 e. The van der Waals surface area contributed by atoms with E-state index in [1.165, 1.54) is 26.7 Å². The third kappa shape index (κ3) is 11.4. The van der Waals surface area contributed by atoms with Crippen LogP contribution in [-0.2, 0) is 19.1 Å². The van der Waals surface area contributed by atoms with E-state index in [0.29, 0.717) is 6.61 Å². The van der Waals surface area contributed by atoms with Crippen LogP contribution in [0.3, 0.4) is 0 Å². The van der Waals surface area contributed by atoms with Gasteiger partial charge in [0.25, 0.3) is 0 Å². The number of rotatable bonds is 10. The van der Waals surface area contributed by atoms with Gasteiger partial charge in [-0.2, -0.15) is 0 Å². The summed E-state index contributed by atoms with van der Waals surface area (Å²) >= 11 is 0. The zero-order chi connectivity index (χ0) is 13.8. The van der Waals surface area contributed by atoms with E-state index < -0.39 is 0 Å². The third-order valence-electron chi connectivity index (χ3n) is 2.69. The van der Waals surface area contributed by atoms with E-state index in [-0.39, 0.29) is 18.0 Å². The molecule has 0 saturated carbocycles. The highest BCUT2D eigenvalue weighted by atomic mass is 16.5. The van der Waals surface area contributed by atoms with E-state index >= 15 is 0 Å². The summed E-state index contributed by atoms with van der Waals surface area (Å²) in [6.07, 6.45) is 6.98. The van der Waals surface area contributed by atoms with Crippen molar-refractivity contribution in [1.29, 1.82) is 0 Å². The van der Waals surface area contributed by atoms with Crippen molar-refractivity contribution in [3.63, 3.8) is 0 Å². The van der Waals surface area contributed by atoms with E-state index in [1.807, 2.05) is 0 Å². The summed E-state index contributed by atoms with van der Waals surface area (Å²) in [5.41, 5.74) is 0. The molecule has 0 aliphatic carbocycles. The molecular formula is C14H26O4. The molecule has 0 aromatic rings. The van der Waals surface area contributed by atoms with Crippen LogP contribution in [0.25, 0.3) is 0 Å². The Bertz CT molecular complexity index is 238. The van der Waals surface area contributed by atoms with Gasteiger partial charge in [0.2, 0.25) is 0 Å². The van der Waals surface area contributed by atoms with Crippen molar-refractivity contribution >= 4 is 11.9 Å². The summed E-state index contributed by atoms with van der Waals surface area (Å²) in [5.74, 6) is -0.453. The Morgan fingerprint density at radius 3 is 2.06 bits per heavy atom. The van der Waals surface area contributed by atoms with Crippen LogP contribution in [0.15, 0.2) is 0 Å². The van der Waals surface area contributed by atoms with Crippen LogP contribution < -0.4 is 0 Å². The van der Waals surface area contributed by atoms with Crippen molar-refractivity contribution in [2.45, 2.75) is 71.8 Å². The normalized spacial score (nSPS) is 11.9. The van der Waals surface area contributed by atoms with E-state index in [9.17, 15) is 9.59 Å². The van der Waals surface area contributed by atoms with E-state index in [1.54, 1.807) is 0 Å². The molecule has 0 N–H and O–H groups in total. The summed E-state index contributed by atoms with van der Waals surface area (Å²) in [6.45, 7) is 5.47. The molecule has 0 unspecified atom stereocenters. The highest BCUT2D eigenvalue weighted by Crippen LogP contribution is 2.13. The number of carbonyl (C=O) groups is 2. The Hall–Kier alpha value is -1.06.